The van der Waals surface area contributed by atoms with Gasteiger partial charge in [0.25, 0.3) is 0 Å². The van der Waals surface area contributed by atoms with Crippen LogP contribution in [0.15, 0.2) is 18.2 Å². The van der Waals surface area contributed by atoms with Crippen LogP contribution in [-0.4, -0.2) is 29.9 Å². The number of hydrogen-bond donors (Lipinski definition) is 2. The van der Waals surface area contributed by atoms with Crippen LogP contribution in [0.3, 0.4) is 0 Å². The van der Waals surface area contributed by atoms with Crippen LogP contribution in [-0.2, 0) is 6.61 Å². The quantitative estimate of drug-likeness (QED) is 0.840. The molecule has 4 heteroatoms. The molecule has 0 saturated carbocycles. The molecule has 0 aliphatic carbocycles. The normalized spacial score (nSPS) is 17.5. The molecule has 2 N–H and O–H groups in total. The summed E-state index contributed by atoms with van der Waals surface area (Å²) < 4.78 is 13.8. The summed E-state index contributed by atoms with van der Waals surface area (Å²) in [5.74, 6) is 0.0506. The van der Waals surface area contributed by atoms with Gasteiger partial charge in [0.05, 0.1) is 12.3 Å². The highest BCUT2D eigenvalue weighted by Crippen LogP contribution is 2.28. The average molecular weight is 239 g/mol. The molecule has 3 nitrogen and oxygen atoms in total. The predicted molar refractivity (Wildman–Crippen MR) is 64.3 cm³/mol. The van der Waals surface area contributed by atoms with E-state index in [0.29, 0.717) is 17.2 Å². The van der Waals surface area contributed by atoms with E-state index in [1.54, 1.807) is 12.1 Å². The maximum Gasteiger partial charge on any atom is 0.146 e. The third kappa shape index (κ3) is 2.58. The van der Waals surface area contributed by atoms with E-state index in [4.69, 9.17) is 5.11 Å². The standard InChI is InChI=1S/C13H18FNO2/c14-12-3-1-2-11(9-17)13(12)15-6-4-10(8-16)5-7-15/h1-3,10,16-17H,4-9H2. The van der Waals surface area contributed by atoms with Gasteiger partial charge in [-0.25, -0.2) is 4.39 Å². The van der Waals surface area contributed by atoms with Gasteiger partial charge < -0.3 is 15.1 Å². The van der Waals surface area contributed by atoms with E-state index >= 15 is 0 Å². The smallest absolute Gasteiger partial charge is 0.146 e. The number of aliphatic hydroxyl groups is 2. The predicted octanol–water partition coefficient (Wildman–Crippen LogP) is 1.53. The lowest BCUT2D eigenvalue weighted by Crippen LogP contribution is -2.35. The lowest BCUT2D eigenvalue weighted by atomic mass is 9.97. The Balaban J connectivity index is 2.17. The molecule has 0 unspecified atom stereocenters. The van der Waals surface area contributed by atoms with Gasteiger partial charge in [0, 0.05) is 25.3 Å². The first-order valence-electron chi connectivity index (χ1n) is 6.00. The highest BCUT2D eigenvalue weighted by Gasteiger charge is 2.22. The maximum absolute atomic E-state index is 13.8. The van der Waals surface area contributed by atoms with Crippen LogP contribution in [0.25, 0.3) is 0 Å². The number of benzene rings is 1. The fourth-order valence-electron chi connectivity index (χ4n) is 2.38. The molecule has 2 rings (SSSR count). The van der Waals surface area contributed by atoms with E-state index in [2.05, 4.69) is 0 Å². The molecule has 1 heterocycles. The zero-order chi connectivity index (χ0) is 12.3. The third-order valence-corrected chi connectivity index (χ3v) is 3.43. The Morgan fingerprint density at radius 1 is 1.24 bits per heavy atom. The number of anilines is 1. The summed E-state index contributed by atoms with van der Waals surface area (Å²) in [6.45, 7) is 1.53. The summed E-state index contributed by atoms with van der Waals surface area (Å²) in [6, 6.07) is 4.79. The first-order chi connectivity index (χ1) is 8.26. The number of piperidine rings is 1. The highest BCUT2D eigenvalue weighted by molar-refractivity contribution is 5.55. The van der Waals surface area contributed by atoms with E-state index < -0.39 is 0 Å². The van der Waals surface area contributed by atoms with Crippen molar-refractivity contribution in [2.45, 2.75) is 19.4 Å². The SMILES string of the molecule is OCc1cccc(F)c1N1CCC(CO)CC1. The second-order valence-electron chi connectivity index (χ2n) is 4.52. The monoisotopic (exact) mass is 239 g/mol. The third-order valence-electron chi connectivity index (χ3n) is 3.43. The lowest BCUT2D eigenvalue weighted by Gasteiger charge is -2.34. The summed E-state index contributed by atoms with van der Waals surface area (Å²) in [4.78, 5) is 1.97. The summed E-state index contributed by atoms with van der Waals surface area (Å²) >= 11 is 0. The van der Waals surface area contributed by atoms with Crippen molar-refractivity contribution in [1.29, 1.82) is 0 Å². The Morgan fingerprint density at radius 3 is 2.53 bits per heavy atom. The van der Waals surface area contributed by atoms with Gasteiger partial charge in [-0.3, -0.25) is 0 Å². The van der Waals surface area contributed by atoms with Gasteiger partial charge in [0.2, 0.25) is 0 Å². The second-order valence-corrected chi connectivity index (χ2v) is 4.52. The van der Waals surface area contributed by atoms with Gasteiger partial charge in [-0.05, 0) is 24.8 Å². The molecule has 0 bridgehead atoms. The van der Waals surface area contributed by atoms with E-state index in [-0.39, 0.29) is 19.0 Å². The Morgan fingerprint density at radius 2 is 1.94 bits per heavy atom. The fraction of sp³-hybridized carbons (Fsp3) is 0.538. The van der Waals surface area contributed by atoms with Crippen LogP contribution in [0.5, 0.6) is 0 Å². The zero-order valence-corrected chi connectivity index (χ0v) is 9.77. The van der Waals surface area contributed by atoms with Gasteiger partial charge >= 0.3 is 0 Å². The van der Waals surface area contributed by atoms with Crippen molar-refractivity contribution in [2.75, 3.05) is 24.6 Å². The lowest BCUT2D eigenvalue weighted by molar-refractivity contribution is 0.202. The topological polar surface area (TPSA) is 43.7 Å². The van der Waals surface area contributed by atoms with Crippen molar-refractivity contribution in [2.24, 2.45) is 5.92 Å². The molecular weight excluding hydrogens is 221 g/mol. The van der Waals surface area contributed by atoms with Crippen molar-refractivity contribution >= 4 is 5.69 Å². The van der Waals surface area contributed by atoms with Crippen LogP contribution in [0.1, 0.15) is 18.4 Å². The van der Waals surface area contributed by atoms with Crippen LogP contribution in [0.2, 0.25) is 0 Å². The minimum Gasteiger partial charge on any atom is -0.396 e. The van der Waals surface area contributed by atoms with Crippen LogP contribution in [0, 0.1) is 11.7 Å². The minimum absolute atomic E-state index is 0.146. The molecule has 1 aliphatic heterocycles. The van der Waals surface area contributed by atoms with E-state index in [0.717, 1.165) is 25.9 Å². The molecule has 1 aromatic rings. The number of nitrogens with zero attached hydrogens (tertiary/aromatic N) is 1. The van der Waals surface area contributed by atoms with Gasteiger partial charge in [-0.2, -0.15) is 0 Å². The summed E-state index contributed by atoms with van der Waals surface area (Å²) in [5, 5.41) is 18.3. The Bertz CT molecular complexity index is 376. The second kappa shape index (κ2) is 5.47. The average Bonchev–Trinajstić information content (AvgIpc) is 2.38. The minimum atomic E-state index is -0.279. The molecule has 94 valence electrons. The van der Waals surface area contributed by atoms with Crippen molar-refractivity contribution in [3.63, 3.8) is 0 Å². The first-order valence-corrected chi connectivity index (χ1v) is 6.00. The number of aliphatic hydroxyl groups excluding tert-OH is 2. The van der Waals surface area contributed by atoms with Crippen molar-refractivity contribution in [3.8, 4) is 0 Å². The van der Waals surface area contributed by atoms with Gasteiger partial charge in [0.15, 0.2) is 0 Å². The molecule has 1 aromatic carbocycles. The molecule has 17 heavy (non-hydrogen) atoms. The van der Waals surface area contributed by atoms with Crippen molar-refractivity contribution in [1.82, 2.24) is 0 Å². The Labute approximate surface area is 100 Å². The van der Waals surface area contributed by atoms with Crippen molar-refractivity contribution in [3.05, 3.63) is 29.6 Å². The van der Waals surface area contributed by atoms with E-state index in [1.165, 1.54) is 6.07 Å². The Kier molecular flexibility index (Phi) is 3.97. The first kappa shape index (κ1) is 12.3. The molecular formula is C13H18FNO2. The van der Waals surface area contributed by atoms with E-state index in [1.807, 2.05) is 4.90 Å². The van der Waals surface area contributed by atoms with Crippen molar-refractivity contribution < 1.29 is 14.6 Å². The number of halogens is 1. The Hall–Kier alpha value is -1.13. The van der Waals surface area contributed by atoms with E-state index in [9.17, 15) is 9.50 Å². The fourth-order valence-corrected chi connectivity index (χ4v) is 2.38. The number of para-hydroxylation sites is 1. The van der Waals surface area contributed by atoms with Gasteiger partial charge in [0.1, 0.15) is 5.82 Å². The highest BCUT2D eigenvalue weighted by atomic mass is 19.1. The van der Waals surface area contributed by atoms with Gasteiger partial charge in [-0.15, -0.1) is 0 Å². The summed E-state index contributed by atoms with van der Waals surface area (Å²) in [6.07, 6.45) is 1.74. The van der Waals surface area contributed by atoms with Crippen LogP contribution >= 0.6 is 0 Å². The number of rotatable bonds is 3. The van der Waals surface area contributed by atoms with Crippen LogP contribution in [0.4, 0.5) is 10.1 Å². The summed E-state index contributed by atoms with van der Waals surface area (Å²) in [5.41, 5.74) is 1.15. The largest absolute Gasteiger partial charge is 0.396 e. The summed E-state index contributed by atoms with van der Waals surface area (Å²) in [7, 11) is 0. The zero-order valence-electron chi connectivity index (χ0n) is 9.77. The molecule has 1 fully saturated rings. The molecule has 0 atom stereocenters. The molecule has 1 saturated heterocycles. The number of hydrogen-bond acceptors (Lipinski definition) is 3. The molecule has 0 aromatic heterocycles. The van der Waals surface area contributed by atoms with Gasteiger partial charge in [-0.1, -0.05) is 12.1 Å². The molecule has 0 amide bonds. The molecule has 1 aliphatic rings. The molecule has 0 spiro atoms. The maximum atomic E-state index is 13.8. The molecule has 0 radical (unpaired) electrons. The van der Waals surface area contributed by atoms with Crippen LogP contribution < -0.4 is 4.90 Å².